The minimum Gasteiger partial charge on any atom is -0.227 e. The van der Waals surface area contributed by atoms with Gasteiger partial charge in [-0.1, -0.05) is 27.4 Å². The number of nitrogens with zero attached hydrogens (tertiary/aromatic N) is 2. The fourth-order valence-electron chi connectivity index (χ4n) is 0.970. The minimum absolute atomic E-state index is 0.190. The van der Waals surface area contributed by atoms with Gasteiger partial charge >= 0.3 is 0 Å². The monoisotopic (exact) mass is 226 g/mol. The summed E-state index contributed by atoms with van der Waals surface area (Å²) in [7, 11) is -3.54. The Kier molecular flexibility index (Phi) is 2.95. The molecule has 0 aromatic carbocycles. The molecular formula is C10H14N2O2S. The van der Waals surface area contributed by atoms with E-state index in [1.165, 1.54) is 6.20 Å². The van der Waals surface area contributed by atoms with Crippen LogP contribution in [0.2, 0.25) is 0 Å². The third-order valence-corrected chi connectivity index (χ3v) is 3.02. The van der Waals surface area contributed by atoms with Crippen molar-refractivity contribution in [3.8, 4) is 0 Å². The fraction of sp³-hybridized carbons (Fsp3) is 0.400. The van der Waals surface area contributed by atoms with Crippen molar-refractivity contribution in [1.29, 1.82) is 0 Å². The molecule has 4 nitrogen and oxygen atoms in total. The molecule has 0 saturated heterocycles. The predicted molar refractivity (Wildman–Crippen MR) is 58.1 cm³/mol. The molecule has 0 aliphatic carbocycles. The van der Waals surface area contributed by atoms with Crippen molar-refractivity contribution in [1.82, 2.24) is 9.97 Å². The normalized spacial score (nSPS) is 12.5. The summed E-state index contributed by atoms with van der Waals surface area (Å²) >= 11 is 0. The van der Waals surface area contributed by atoms with Crippen LogP contribution in [0.1, 0.15) is 26.5 Å². The molecule has 0 atom stereocenters. The molecular weight excluding hydrogens is 212 g/mol. The Balaban J connectivity index is 3.33. The van der Waals surface area contributed by atoms with Crippen molar-refractivity contribution >= 4 is 9.84 Å². The first-order valence-electron chi connectivity index (χ1n) is 4.48. The van der Waals surface area contributed by atoms with E-state index in [4.69, 9.17) is 0 Å². The molecule has 15 heavy (non-hydrogen) atoms. The topological polar surface area (TPSA) is 59.9 Å². The molecule has 1 rings (SSSR count). The molecule has 0 fully saturated rings. The summed E-state index contributed by atoms with van der Waals surface area (Å²) in [5.41, 5.74) is 0.493. The fourth-order valence-corrected chi connectivity index (χ4v) is 1.55. The van der Waals surface area contributed by atoms with Crippen LogP contribution in [0.4, 0.5) is 0 Å². The van der Waals surface area contributed by atoms with Crippen molar-refractivity contribution in [3.63, 3.8) is 0 Å². The van der Waals surface area contributed by atoms with Gasteiger partial charge in [-0.3, -0.25) is 0 Å². The molecule has 82 valence electrons. The average Bonchev–Trinajstić information content (AvgIpc) is 2.17. The Bertz CT molecular complexity index is 472. The Morgan fingerprint density at radius 1 is 1.40 bits per heavy atom. The Hall–Kier alpha value is -1.23. The second-order valence-electron chi connectivity index (χ2n) is 4.19. The zero-order valence-corrected chi connectivity index (χ0v) is 9.87. The molecule has 1 aromatic heterocycles. The lowest BCUT2D eigenvalue weighted by atomic mass is 9.92. The third-order valence-electron chi connectivity index (χ3n) is 1.88. The average molecular weight is 226 g/mol. The number of rotatable bonds is 2. The second-order valence-corrected chi connectivity index (χ2v) is 5.97. The van der Waals surface area contributed by atoms with Gasteiger partial charge in [0.2, 0.25) is 9.84 Å². The maximum absolute atomic E-state index is 11.4. The first-order chi connectivity index (χ1) is 6.77. The van der Waals surface area contributed by atoms with Crippen LogP contribution in [-0.4, -0.2) is 18.4 Å². The molecule has 0 aliphatic rings. The van der Waals surface area contributed by atoms with Gasteiger partial charge in [0, 0.05) is 17.0 Å². The van der Waals surface area contributed by atoms with E-state index in [1.54, 1.807) is 6.07 Å². The van der Waals surface area contributed by atoms with E-state index in [9.17, 15) is 8.42 Å². The van der Waals surface area contributed by atoms with Crippen molar-refractivity contribution in [2.24, 2.45) is 0 Å². The highest BCUT2D eigenvalue weighted by atomic mass is 32.2. The van der Waals surface area contributed by atoms with E-state index >= 15 is 0 Å². The smallest absolute Gasteiger partial charge is 0.227 e. The summed E-state index contributed by atoms with van der Waals surface area (Å²) in [5, 5.41) is 0.666. The van der Waals surface area contributed by atoms with Gasteiger partial charge in [0.15, 0.2) is 0 Å². The van der Waals surface area contributed by atoms with E-state index < -0.39 is 9.84 Å². The van der Waals surface area contributed by atoms with Crippen LogP contribution in [0.5, 0.6) is 0 Å². The number of aromatic nitrogens is 2. The first kappa shape index (κ1) is 11.8. The highest BCUT2D eigenvalue weighted by Gasteiger charge is 2.19. The zero-order chi connectivity index (χ0) is 11.7. The highest BCUT2D eigenvalue weighted by molar-refractivity contribution is 7.94. The number of hydrogen-bond donors (Lipinski definition) is 0. The molecule has 0 amide bonds. The quantitative estimate of drug-likeness (QED) is 0.720. The van der Waals surface area contributed by atoms with Gasteiger partial charge in [0.05, 0.1) is 5.69 Å². The van der Waals surface area contributed by atoms with Crippen LogP contribution in [0, 0.1) is 0 Å². The van der Waals surface area contributed by atoms with Gasteiger partial charge in [0.25, 0.3) is 5.16 Å². The predicted octanol–water partition coefficient (Wildman–Crippen LogP) is 1.69. The standard InChI is InChI=1S/C10H14N2O2S/c1-5-15(13,14)9-11-7-6-8(12-9)10(2,3)4/h5-7H,1H2,2-4H3. The summed E-state index contributed by atoms with van der Waals surface area (Å²) in [6.45, 7) is 9.11. The van der Waals surface area contributed by atoms with Gasteiger partial charge in [0.1, 0.15) is 0 Å². The Morgan fingerprint density at radius 2 is 2.00 bits per heavy atom. The van der Waals surface area contributed by atoms with Crippen LogP contribution in [0.25, 0.3) is 0 Å². The van der Waals surface area contributed by atoms with Crippen LogP contribution in [0.15, 0.2) is 29.4 Å². The van der Waals surface area contributed by atoms with E-state index in [0.29, 0.717) is 5.69 Å². The lowest BCUT2D eigenvalue weighted by molar-refractivity contribution is 0.550. The molecule has 0 unspecified atom stereocenters. The van der Waals surface area contributed by atoms with Crippen LogP contribution in [0.3, 0.4) is 0 Å². The molecule has 0 radical (unpaired) electrons. The lowest BCUT2D eigenvalue weighted by Gasteiger charge is -2.17. The van der Waals surface area contributed by atoms with Crippen LogP contribution < -0.4 is 0 Å². The SMILES string of the molecule is C=CS(=O)(=O)c1nccc(C(C)(C)C)n1. The minimum atomic E-state index is -3.54. The Morgan fingerprint density at radius 3 is 2.47 bits per heavy atom. The molecule has 1 heterocycles. The molecule has 0 saturated carbocycles. The molecule has 0 aliphatic heterocycles. The van der Waals surface area contributed by atoms with E-state index in [-0.39, 0.29) is 10.6 Å². The first-order valence-corrected chi connectivity index (χ1v) is 6.03. The summed E-state index contributed by atoms with van der Waals surface area (Å²) in [6, 6.07) is 1.71. The van der Waals surface area contributed by atoms with Gasteiger partial charge in [-0.25, -0.2) is 18.4 Å². The molecule has 0 N–H and O–H groups in total. The third kappa shape index (κ3) is 2.62. The molecule has 5 heteroatoms. The highest BCUT2D eigenvalue weighted by Crippen LogP contribution is 2.20. The molecule has 0 bridgehead atoms. The van der Waals surface area contributed by atoms with E-state index in [0.717, 1.165) is 5.41 Å². The van der Waals surface area contributed by atoms with E-state index in [1.807, 2.05) is 20.8 Å². The Labute approximate surface area is 90.0 Å². The summed E-state index contributed by atoms with van der Waals surface area (Å²) in [5.74, 6) is 0. The molecule has 0 spiro atoms. The van der Waals surface area contributed by atoms with Crippen LogP contribution in [-0.2, 0) is 15.3 Å². The largest absolute Gasteiger partial charge is 0.251 e. The lowest BCUT2D eigenvalue weighted by Crippen LogP contribution is -2.16. The van der Waals surface area contributed by atoms with Crippen LogP contribution >= 0.6 is 0 Å². The molecule has 1 aromatic rings. The number of hydrogen-bond acceptors (Lipinski definition) is 4. The van der Waals surface area contributed by atoms with Gasteiger partial charge < -0.3 is 0 Å². The maximum Gasteiger partial charge on any atom is 0.251 e. The van der Waals surface area contributed by atoms with Crippen molar-refractivity contribution < 1.29 is 8.42 Å². The number of sulfone groups is 1. The van der Waals surface area contributed by atoms with Crippen molar-refractivity contribution in [2.45, 2.75) is 31.3 Å². The van der Waals surface area contributed by atoms with Crippen molar-refractivity contribution in [2.75, 3.05) is 0 Å². The van der Waals surface area contributed by atoms with Gasteiger partial charge in [-0.05, 0) is 6.07 Å². The summed E-state index contributed by atoms with van der Waals surface area (Å²) in [6.07, 6.45) is 1.45. The zero-order valence-electron chi connectivity index (χ0n) is 9.06. The summed E-state index contributed by atoms with van der Waals surface area (Å²) < 4.78 is 22.9. The maximum atomic E-state index is 11.4. The van der Waals surface area contributed by atoms with Gasteiger partial charge in [-0.2, -0.15) is 0 Å². The van der Waals surface area contributed by atoms with E-state index in [2.05, 4.69) is 16.5 Å². The second kappa shape index (κ2) is 3.73. The van der Waals surface area contributed by atoms with Crippen molar-refractivity contribution in [3.05, 3.63) is 29.9 Å². The summed E-state index contributed by atoms with van der Waals surface area (Å²) in [4.78, 5) is 7.74. The van der Waals surface area contributed by atoms with Gasteiger partial charge in [-0.15, -0.1) is 0 Å².